The van der Waals surface area contributed by atoms with E-state index in [9.17, 15) is 13.2 Å². The lowest BCUT2D eigenvalue weighted by atomic mass is 9.69. The molecule has 4 atom stereocenters. The van der Waals surface area contributed by atoms with Gasteiger partial charge >= 0.3 is 0 Å². The second kappa shape index (κ2) is 4.41. The van der Waals surface area contributed by atoms with Crippen molar-refractivity contribution in [3.8, 4) is 0 Å². The van der Waals surface area contributed by atoms with E-state index < -0.39 is 15.9 Å². The van der Waals surface area contributed by atoms with Gasteiger partial charge in [-0.05, 0) is 49.7 Å². The summed E-state index contributed by atoms with van der Waals surface area (Å²) in [5, 5.41) is 0. The van der Waals surface area contributed by atoms with Crippen LogP contribution < -0.4 is 0 Å². The molecule has 126 valence electrons. The molecule has 0 unspecified atom stereocenters. The molecule has 2 saturated carbocycles. The lowest BCUT2D eigenvalue weighted by Crippen LogP contribution is -2.45. The van der Waals surface area contributed by atoms with Crippen molar-refractivity contribution in [1.29, 1.82) is 0 Å². The second-order valence-corrected chi connectivity index (χ2v) is 9.95. The fourth-order valence-corrected chi connectivity index (χ4v) is 8.12. The van der Waals surface area contributed by atoms with Gasteiger partial charge in [0.25, 0.3) is 0 Å². The summed E-state index contributed by atoms with van der Waals surface area (Å²) >= 11 is 0. The van der Waals surface area contributed by atoms with Crippen molar-refractivity contribution < 1.29 is 13.2 Å². The largest absolute Gasteiger partial charge is 0.364 e. The molecular weight excluding hydrogens is 312 g/mol. The van der Waals surface area contributed by atoms with Gasteiger partial charge in [0.1, 0.15) is 0 Å². The number of fused-ring (bicyclic) bond motifs is 1. The minimum Gasteiger partial charge on any atom is -0.364 e. The molecule has 5 nitrogen and oxygen atoms in total. The molecule has 1 saturated heterocycles. The third kappa shape index (κ3) is 1.73. The summed E-state index contributed by atoms with van der Waals surface area (Å²) in [6, 6.07) is 3.53. The van der Waals surface area contributed by atoms with Crippen LogP contribution in [-0.2, 0) is 14.8 Å². The van der Waals surface area contributed by atoms with Gasteiger partial charge in [-0.1, -0.05) is 13.8 Å². The number of aromatic nitrogens is 1. The molecule has 3 fully saturated rings. The zero-order valence-corrected chi connectivity index (χ0v) is 14.7. The van der Waals surface area contributed by atoms with Crippen LogP contribution in [0.4, 0.5) is 0 Å². The van der Waals surface area contributed by atoms with E-state index in [2.05, 4.69) is 18.8 Å². The van der Waals surface area contributed by atoms with E-state index in [0.29, 0.717) is 5.92 Å². The number of carbonyl (C=O) groups is 1. The number of nitrogens with one attached hydrogen (secondary N) is 1. The fourth-order valence-electron chi connectivity index (χ4n) is 5.52. The molecule has 23 heavy (non-hydrogen) atoms. The lowest BCUT2D eigenvalue weighted by molar-refractivity contribution is -0.130. The number of nitrogens with zero attached hydrogens (tertiary/aromatic N) is 1. The normalized spacial score (nSPS) is 37.8. The maximum atomic E-state index is 13.0. The Morgan fingerprint density at radius 1 is 1.43 bits per heavy atom. The molecule has 2 aliphatic carbocycles. The predicted octanol–water partition coefficient (Wildman–Crippen LogP) is 2.49. The predicted molar refractivity (Wildman–Crippen MR) is 87.2 cm³/mol. The first-order valence-corrected chi connectivity index (χ1v) is 10.0. The molecule has 2 heterocycles. The quantitative estimate of drug-likeness (QED) is 0.902. The standard InChI is InChI=1S/C17H24N2O3S/c1-11(13-5-4-8-18-13)15(20)19-14-9-12-6-7-17(14,16(12,2)3)10-23(19,21)22/h4-5,8,11-12,14,18H,6-7,9-10H2,1-3H3/t11-,12-,14-,17-/m0/s1. The summed E-state index contributed by atoms with van der Waals surface area (Å²) < 4.78 is 27.0. The highest BCUT2D eigenvalue weighted by molar-refractivity contribution is 7.90. The summed E-state index contributed by atoms with van der Waals surface area (Å²) in [5.74, 6) is -0.0777. The first kappa shape index (κ1) is 15.2. The summed E-state index contributed by atoms with van der Waals surface area (Å²) in [6.45, 7) is 6.18. The van der Waals surface area contributed by atoms with Crippen LogP contribution in [-0.4, -0.2) is 35.4 Å². The SMILES string of the molecule is C[C@H](C(=O)N1[C@H]2C[C@@H]3CC[C@@]2(CS1(=O)=O)C3(C)C)c1ccc[nH]1. The zero-order chi connectivity index (χ0) is 16.6. The Bertz CT molecular complexity index is 753. The Labute approximate surface area is 137 Å². The molecule has 1 aromatic heterocycles. The first-order valence-electron chi connectivity index (χ1n) is 8.40. The molecular formula is C17H24N2O3S. The highest BCUT2D eigenvalue weighted by atomic mass is 32.2. The van der Waals surface area contributed by atoms with Crippen LogP contribution in [0.25, 0.3) is 0 Å². The van der Waals surface area contributed by atoms with Crippen molar-refractivity contribution in [2.45, 2.75) is 52.0 Å². The van der Waals surface area contributed by atoms with Crippen molar-refractivity contribution >= 4 is 15.9 Å². The molecule has 3 aliphatic rings. The average molecular weight is 336 g/mol. The van der Waals surface area contributed by atoms with Gasteiger partial charge in [0.2, 0.25) is 15.9 Å². The van der Waals surface area contributed by atoms with E-state index in [1.54, 1.807) is 13.1 Å². The van der Waals surface area contributed by atoms with E-state index in [0.717, 1.165) is 25.0 Å². The number of rotatable bonds is 2. The van der Waals surface area contributed by atoms with Crippen molar-refractivity contribution in [2.24, 2.45) is 16.7 Å². The van der Waals surface area contributed by atoms with Gasteiger partial charge in [-0.2, -0.15) is 0 Å². The molecule has 1 N–H and O–H groups in total. The van der Waals surface area contributed by atoms with Gasteiger partial charge in [-0.3, -0.25) is 4.79 Å². The summed E-state index contributed by atoms with van der Waals surface area (Å²) in [5.41, 5.74) is 0.519. The average Bonchev–Trinajstić information content (AvgIpc) is 3.16. The lowest BCUT2D eigenvalue weighted by Gasteiger charge is -2.37. The molecule has 2 bridgehead atoms. The maximum absolute atomic E-state index is 13.0. The Morgan fingerprint density at radius 2 is 2.17 bits per heavy atom. The van der Waals surface area contributed by atoms with Crippen molar-refractivity contribution in [3.63, 3.8) is 0 Å². The molecule has 0 radical (unpaired) electrons. The van der Waals surface area contributed by atoms with Gasteiger partial charge in [-0.25, -0.2) is 12.7 Å². The number of hydrogen-bond acceptors (Lipinski definition) is 3. The molecule has 1 spiro atoms. The highest BCUT2D eigenvalue weighted by Crippen LogP contribution is 2.70. The Hall–Kier alpha value is -1.30. The Morgan fingerprint density at radius 3 is 2.78 bits per heavy atom. The van der Waals surface area contributed by atoms with Gasteiger partial charge in [0, 0.05) is 17.3 Å². The minimum absolute atomic E-state index is 0.00453. The molecule has 4 rings (SSSR count). The third-order valence-electron chi connectivity index (χ3n) is 7.09. The summed E-state index contributed by atoms with van der Waals surface area (Å²) in [4.78, 5) is 16.0. The number of hydrogen-bond donors (Lipinski definition) is 1. The van der Waals surface area contributed by atoms with Crippen LogP contribution in [0.3, 0.4) is 0 Å². The number of amides is 1. The Kier molecular flexibility index (Phi) is 2.92. The second-order valence-electron chi connectivity index (χ2n) is 8.10. The number of aromatic amines is 1. The minimum atomic E-state index is -3.53. The fraction of sp³-hybridized carbons (Fsp3) is 0.706. The monoisotopic (exact) mass is 336 g/mol. The third-order valence-corrected chi connectivity index (χ3v) is 9.00. The van der Waals surface area contributed by atoms with Gasteiger partial charge in [-0.15, -0.1) is 0 Å². The zero-order valence-electron chi connectivity index (χ0n) is 13.9. The smallest absolute Gasteiger partial charge is 0.245 e. The number of sulfonamides is 1. The Balaban J connectivity index is 1.74. The molecule has 1 aliphatic heterocycles. The molecule has 1 aromatic rings. The maximum Gasteiger partial charge on any atom is 0.245 e. The van der Waals surface area contributed by atoms with E-state index >= 15 is 0 Å². The number of carbonyl (C=O) groups excluding carboxylic acids is 1. The van der Waals surface area contributed by atoms with Crippen molar-refractivity contribution in [3.05, 3.63) is 24.0 Å². The number of H-pyrrole nitrogens is 1. The van der Waals surface area contributed by atoms with Crippen molar-refractivity contribution in [2.75, 3.05) is 5.75 Å². The molecule has 0 aromatic carbocycles. The topological polar surface area (TPSA) is 70.2 Å². The van der Waals surface area contributed by atoms with Crippen LogP contribution in [0.5, 0.6) is 0 Å². The summed E-state index contributed by atoms with van der Waals surface area (Å²) in [6.07, 6.45) is 4.61. The van der Waals surface area contributed by atoms with E-state index in [1.807, 2.05) is 12.1 Å². The van der Waals surface area contributed by atoms with Crippen LogP contribution in [0.1, 0.15) is 51.6 Å². The van der Waals surface area contributed by atoms with Gasteiger partial charge in [0.05, 0.1) is 17.7 Å². The molecule has 6 heteroatoms. The van der Waals surface area contributed by atoms with Crippen LogP contribution in [0, 0.1) is 16.7 Å². The van der Waals surface area contributed by atoms with E-state index in [-0.39, 0.29) is 28.5 Å². The van der Waals surface area contributed by atoms with E-state index in [4.69, 9.17) is 0 Å². The highest BCUT2D eigenvalue weighted by Gasteiger charge is 2.72. The van der Waals surface area contributed by atoms with Crippen molar-refractivity contribution in [1.82, 2.24) is 9.29 Å². The van der Waals surface area contributed by atoms with E-state index in [1.165, 1.54) is 4.31 Å². The van der Waals surface area contributed by atoms with Gasteiger partial charge in [0.15, 0.2) is 0 Å². The van der Waals surface area contributed by atoms with Crippen LogP contribution in [0.15, 0.2) is 18.3 Å². The first-order chi connectivity index (χ1) is 10.7. The van der Waals surface area contributed by atoms with Crippen LogP contribution in [0.2, 0.25) is 0 Å². The molecule has 1 amide bonds. The van der Waals surface area contributed by atoms with Crippen LogP contribution >= 0.6 is 0 Å². The van der Waals surface area contributed by atoms with Gasteiger partial charge < -0.3 is 4.98 Å². The summed E-state index contributed by atoms with van der Waals surface area (Å²) in [7, 11) is -3.53.